The van der Waals surface area contributed by atoms with E-state index in [9.17, 15) is 0 Å². The van der Waals surface area contributed by atoms with Gasteiger partial charge in [0.15, 0.2) is 17.5 Å². The number of para-hydroxylation sites is 2. The van der Waals surface area contributed by atoms with Gasteiger partial charge in [-0.2, -0.15) is 0 Å². The topological polar surface area (TPSA) is 64.7 Å². The van der Waals surface area contributed by atoms with Crippen LogP contribution in [0.2, 0.25) is 0 Å². The van der Waals surface area contributed by atoms with Crippen LogP contribution in [-0.2, 0) is 0 Å². The first-order chi connectivity index (χ1) is 25.7. The van der Waals surface area contributed by atoms with Crippen molar-refractivity contribution < 1.29 is 4.42 Å². The maximum absolute atomic E-state index is 6.63. The molecule has 0 saturated carbocycles. The van der Waals surface area contributed by atoms with Crippen LogP contribution in [0.1, 0.15) is 0 Å². The number of hydrogen-bond acceptors (Lipinski definition) is 6. The van der Waals surface area contributed by atoms with E-state index in [1.165, 1.54) is 0 Å². The van der Waals surface area contributed by atoms with Gasteiger partial charge in [0.1, 0.15) is 16.2 Å². The summed E-state index contributed by atoms with van der Waals surface area (Å²) in [7, 11) is 0. The van der Waals surface area contributed by atoms with E-state index in [1.54, 1.807) is 11.3 Å². The van der Waals surface area contributed by atoms with Gasteiger partial charge in [-0.1, -0.05) is 146 Å². The maximum atomic E-state index is 6.63. The number of furan rings is 1. The molecule has 0 spiro atoms. The van der Waals surface area contributed by atoms with Crippen LogP contribution in [0.4, 0.5) is 0 Å². The highest BCUT2D eigenvalue weighted by Crippen LogP contribution is 2.42. The van der Waals surface area contributed by atoms with Crippen LogP contribution in [0.5, 0.6) is 0 Å². The molecule has 3 heterocycles. The van der Waals surface area contributed by atoms with E-state index < -0.39 is 0 Å². The van der Waals surface area contributed by atoms with Crippen molar-refractivity contribution in [2.24, 2.45) is 0 Å². The number of thiazole rings is 1. The lowest BCUT2D eigenvalue weighted by Gasteiger charge is -2.10. The number of fused-ring (bicyclic) bond motifs is 4. The quantitative estimate of drug-likeness (QED) is 0.174. The van der Waals surface area contributed by atoms with Gasteiger partial charge in [-0.05, 0) is 46.5 Å². The van der Waals surface area contributed by atoms with Crippen LogP contribution in [-0.4, -0.2) is 19.9 Å². The van der Waals surface area contributed by atoms with E-state index in [2.05, 4.69) is 127 Å². The molecule has 6 heteroatoms. The fraction of sp³-hybridized carbons (Fsp3) is 0. The monoisotopic (exact) mass is 684 g/mol. The van der Waals surface area contributed by atoms with Gasteiger partial charge in [0.2, 0.25) is 0 Å². The second-order valence-electron chi connectivity index (χ2n) is 12.6. The lowest BCUT2D eigenvalue weighted by atomic mass is 10.0. The molecule has 3 aromatic heterocycles. The molecule has 10 aromatic rings. The van der Waals surface area contributed by atoms with E-state index in [0.717, 1.165) is 81.7 Å². The van der Waals surface area contributed by atoms with Crippen molar-refractivity contribution in [2.75, 3.05) is 0 Å². The lowest BCUT2D eigenvalue weighted by Crippen LogP contribution is -2.00. The van der Waals surface area contributed by atoms with Crippen molar-refractivity contribution in [1.29, 1.82) is 0 Å². The molecule has 0 amide bonds. The molecular formula is C46H28N4OS. The number of benzene rings is 7. The van der Waals surface area contributed by atoms with Crippen molar-refractivity contribution in [3.05, 3.63) is 170 Å². The van der Waals surface area contributed by atoms with Gasteiger partial charge in [0.25, 0.3) is 0 Å². The van der Waals surface area contributed by atoms with Gasteiger partial charge >= 0.3 is 0 Å². The highest BCUT2D eigenvalue weighted by atomic mass is 32.1. The second kappa shape index (κ2) is 12.5. The summed E-state index contributed by atoms with van der Waals surface area (Å²) in [5.74, 6) is 1.79. The molecule has 5 nitrogen and oxygen atoms in total. The molecule has 244 valence electrons. The molecule has 0 N–H and O–H groups in total. The van der Waals surface area contributed by atoms with E-state index in [4.69, 9.17) is 24.4 Å². The van der Waals surface area contributed by atoms with Crippen molar-refractivity contribution in [3.63, 3.8) is 0 Å². The minimum atomic E-state index is 0.581. The zero-order valence-electron chi connectivity index (χ0n) is 27.8. The fourth-order valence-electron chi connectivity index (χ4n) is 6.83. The predicted octanol–water partition coefficient (Wildman–Crippen LogP) is 12.4. The molecule has 0 bridgehead atoms. The molecule has 0 aliphatic heterocycles. The first-order valence-electron chi connectivity index (χ1n) is 17.1. The van der Waals surface area contributed by atoms with Crippen LogP contribution >= 0.6 is 11.3 Å². The van der Waals surface area contributed by atoms with E-state index in [-0.39, 0.29) is 0 Å². The van der Waals surface area contributed by atoms with E-state index in [1.807, 2.05) is 42.5 Å². The Morgan fingerprint density at radius 1 is 0.385 bits per heavy atom. The third-order valence-corrected chi connectivity index (χ3v) is 10.5. The van der Waals surface area contributed by atoms with Gasteiger partial charge < -0.3 is 4.42 Å². The Labute approximate surface area is 303 Å². The third-order valence-electron chi connectivity index (χ3n) is 9.42. The molecule has 7 aromatic carbocycles. The Morgan fingerprint density at radius 3 is 1.54 bits per heavy atom. The van der Waals surface area contributed by atoms with Crippen molar-refractivity contribution in [3.8, 4) is 67.0 Å². The summed E-state index contributed by atoms with van der Waals surface area (Å²) in [6.07, 6.45) is 0. The largest absolute Gasteiger partial charge is 0.455 e. The summed E-state index contributed by atoms with van der Waals surface area (Å²) >= 11 is 1.67. The molecule has 0 unspecified atom stereocenters. The molecule has 0 radical (unpaired) electrons. The van der Waals surface area contributed by atoms with Crippen LogP contribution in [0.25, 0.3) is 99.1 Å². The van der Waals surface area contributed by atoms with Crippen LogP contribution in [0.3, 0.4) is 0 Å². The van der Waals surface area contributed by atoms with Gasteiger partial charge in [0.05, 0.1) is 15.8 Å². The Kier molecular flexibility index (Phi) is 7.25. The summed E-state index contributed by atoms with van der Waals surface area (Å²) in [5, 5.41) is 2.88. The molecule has 0 fully saturated rings. The first kappa shape index (κ1) is 30.1. The minimum absolute atomic E-state index is 0.581. The highest BCUT2D eigenvalue weighted by molar-refractivity contribution is 7.21. The van der Waals surface area contributed by atoms with E-state index >= 15 is 0 Å². The molecule has 0 aliphatic carbocycles. The van der Waals surface area contributed by atoms with Crippen LogP contribution < -0.4 is 0 Å². The first-order valence-corrected chi connectivity index (χ1v) is 18.0. The van der Waals surface area contributed by atoms with Gasteiger partial charge in [-0.25, -0.2) is 19.9 Å². The van der Waals surface area contributed by atoms with Crippen molar-refractivity contribution >= 4 is 43.5 Å². The van der Waals surface area contributed by atoms with E-state index in [0.29, 0.717) is 17.5 Å². The predicted molar refractivity (Wildman–Crippen MR) is 213 cm³/mol. The smallest absolute Gasteiger partial charge is 0.164 e. The third kappa shape index (κ3) is 5.34. The van der Waals surface area contributed by atoms with Crippen LogP contribution in [0.15, 0.2) is 174 Å². The average molecular weight is 685 g/mol. The normalized spacial score (nSPS) is 11.5. The Balaban J connectivity index is 1.14. The zero-order chi connectivity index (χ0) is 34.4. The average Bonchev–Trinajstić information content (AvgIpc) is 3.84. The standard InChI is InChI=1S/C46H28N4OS/c1-3-11-29(12-4-1)31-21-25-33(26-22-31)43-48-44(34-27-23-32(24-28-34)30-13-5-2-6-14-30)50-45(49-43)36-16-10-19-39-41(36)35-15-9-17-37(42(35)51-39)46-47-38-18-7-8-20-40(38)52-46/h1-28H. The lowest BCUT2D eigenvalue weighted by molar-refractivity contribution is 0.670. The van der Waals surface area contributed by atoms with Crippen molar-refractivity contribution in [2.45, 2.75) is 0 Å². The zero-order valence-corrected chi connectivity index (χ0v) is 28.6. The molecule has 0 atom stereocenters. The van der Waals surface area contributed by atoms with Crippen LogP contribution in [0, 0.1) is 0 Å². The number of nitrogens with zero attached hydrogens (tertiary/aromatic N) is 4. The second-order valence-corrected chi connectivity index (χ2v) is 13.7. The minimum Gasteiger partial charge on any atom is -0.455 e. The summed E-state index contributed by atoms with van der Waals surface area (Å²) in [4.78, 5) is 20.3. The SMILES string of the molecule is c1ccc(-c2ccc(-c3nc(-c4ccc(-c5ccccc5)cc4)nc(-c4cccc5oc6c(-c7nc8ccccc8s7)cccc6c45)n3)cc2)cc1. The molecule has 0 aliphatic rings. The number of aromatic nitrogens is 4. The van der Waals surface area contributed by atoms with Gasteiger partial charge in [-0.3, -0.25) is 0 Å². The number of rotatable bonds is 6. The molecule has 52 heavy (non-hydrogen) atoms. The summed E-state index contributed by atoms with van der Waals surface area (Å²) in [5.41, 5.74) is 10.8. The fourth-order valence-corrected chi connectivity index (χ4v) is 7.82. The Bertz CT molecular complexity index is 2750. The Hall–Kier alpha value is -6.76. The van der Waals surface area contributed by atoms with Crippen molar-refractivity contribution in [1.82, 2.24) is 19.9 Å². The number of hydrogen-bond donors (Lipinski definition) is 0. The molecular weight excluding hydrogens is 657 g/mol. The summed E-state index contributed by atoms with van der Waals surface area (Å²) < 4.78 is 7.78. The van der Waals surface area contributed by atoms with Gasteiger partial charge in [-0.15, -0.1) is 11.3 Å². The summed E-state index contributed by atoms with van der Waals surface area (Å²) in [6.45, 7) is 0. The summed E-state index contributed by atoms with van der Waals surface area (Å²) in [6, 6.07) is 58.1. The maximum Gasteiger partial charge on any atom is 0.164 e. The Morgan fingerprint density at radius 2 is 0.904 bits per heavy atom. The van der Waals surface area contributed by atoms with Gasteiger partial charge in [0, 0.05) is 27.5 Å². The molecule has 10 rings (SSSR count). The molecule has 0 saturated heterocycles. The highest BCUT2D eigenvalue weighted by Gasteiger charge is 2.20.